The maximum absolute atomic E-state index is 3.68. The number of hydrogen-bond acceptors (Lipinski definition) is 1. The highest BCUT2D eigenvalue weighted by molar-refractivity contribution is 5.92. The van der Waals surface area contributed by atoms with Crippen molar-refractivity contribution in [3.63, 3.8) is 0 Å². The van der Waals surface area contributed by atoms with Crippen LogP contribution in [0.15, 0.2) is 84.9 Å². The summed E-state index contributed by atoms with van der Waals surface area (Å²) in [6, 6.07) is 30.4. The number of hydrogen-bond donors (Lipinski definition) is 1. The molecule has 0 saturated carbocycles. The predicted molar refractivity (Wildman–Crippen MR) is 111 cm³/mol. The number of nitrogens with one attached hydrogen (secondary N) is 1. The molecule has 26 heavy (non-hydrogen) atoms. The van der Waals surface area contributed by atoms with Crippen LogP contribution in [0.3, 0.4) is 0 Å². The molecule has 0 bridgehead atoms. The van der Waals surface area contributed by atoms with Crippen molar-refractivity contribution in [2.24, 2.45) is 0 Å². The van der Waals surface area contributed by atoms with Crippen LogP contribution in [0.5, 0.6) is 0 Å². The summed E-state index contributed by atoms with van der Waals surface area (Å²) in [7, 11) is 0. The molecule has 0 radical (unpaired) electrons. The zero-order chi connectivity index (χ0) is 17.7. The highest BCUT2D eigenvalue weighted by Gasteiger charge is 2.36. The van der Waals surface area contributed by atoms with Crippen LogP contribution in [0.1, 0.15) is 25.0 Å². The van der Waals surface area contributed by atoms with Crippen molar-refractivity contribution in [3.8, 4) is 11.1 Å². The normalized spacial score (nSPS) is 14.1. The van der Waals surface area contributed by atoms with Crippen molar-refractivity contribution in [3.05, 3.63) is 96.1 Å². The van der Waals surface area contributed by atoms with E-state index in [9.17, 15) is 0 Å². The molecule has 0 amide bonds. The van der Waals surface area contributed by atoms with Gasteiger partial charge in [0.1, 0.15) is 0 Å². The summed E-state index contributed by atoms with van der Waals surface area (Å²) in [6.45, 7) is 4.63. The van der Waals surface area contributed by atoms with Gasteiger partial charge >= 0.3 is 0 Å². The van der Waals surface area contributed by atoms with Crippen molar-refractivity contribution < 1.29 is 0 Å². The Labute approximate surface area is 154 Å². The van der Waals surface area contributed by atoms with Gasteiger partial charge in [0.05, 0.1) is 0 Å². The van der Waals surface area contributed by atoms with Gasteiger partial charge in [0.25, 0.3) is 0 Å². The van der Waals surface area contributed by atoms with Crippen molar-refractivity contribution in [1.29, 1.82) is 0 Å². The molecule has 1 N–H and O–H groups in total. The lowest BCUT2D eigenvalue weighted by atomic mass is 9.82. The molecule has 0 aliphatic heterocycles. The predicted octanol–water partition coefficient (Wildman–Crippen LogP) is 6.89. The minimum absolute atomic E-state index is 0.0347. The molecule has 126 valence electrons. The van der Waals surface area contributed by atoms with Gasteiger partial charge in [-0.15, -0.1) is 0 Å². The minimum Gasteiger partial charge on any atom is -0.355 e. The van der Waals surface area contributed by atoms with Gasteiger partial charge in [-0.3, -0.25) is 0 Å². The molecular formula is C25H21N. The van der Waals surface area contributed by atoms with Gasteiger partial charge in [0.2, 0.25) is 0 Å². The standard InChI is InChI=1S/C25H21N/c1-25(2)21-11-6-5-10-20(21)24-22(25)12-7-13-23(24)26-19-15-14-17-8-3-4-9-18(17)16-19/h3-16,26H,1-2H3. The first kappa shape index (κ1) is 15.2. The molecule has 0 heterocycles. The molecule has 0 unspecified atom stereocenters. The minimum atomic E-state index is 0.0347. The fraction of sp³-hybridized carbons (Fsp3) is 0.120. The lowest BCUT2D eigenvalue weighted by Crippen LogP contribution is -2.14. The smallest absolute Gasteiger partial charge is 0.0467 e. The summed E-state index contributed by atoms with van der Waals surface area (Å²) in [5.41, 5.74) is 7.81. The van der Waals surface area contributed by atoms with Crippen LogP contribution in [0.25, 0.3) is 21.9 Å². The maximum Gasteiger partial charge on any atom is 0.0467 e. The largest absolute Gasteiger partial charge is 0.355 e. The van der Waals surface area contributed by atoms with Gasteiger partial charge in [-0.1, -0.05) is 80.6 Å². The fourth-order valence-electron chi connectivity index (χ4n) is 4.28. The van der Waals surface area contributed by atoms with Crippen LogP contribution < -0.4 is 5.32 Å². The summed E-state index contributed by atoms with van der Waals surface area (Å²) in [4.78, 5) is 0. The Bertz CT molecular complexity index is 1140. The molecule has 0 atom stereocenters. The molecule has 4 aromatic carbocycles. The number of benzene rings is 4. The van der Waals surface area contributed by atoms with Crippen molar-refractivity contribution in [2.75, 3.05) is 5.32 Å². The van der Waals surface area contributed by atoms with Crippen LogP contribution in [-0.2, 0) is 5.41 Å². The first-order chi connectivity index (χ1) is 12.6. The third-order valence-corrected chi connectivity index (χ3v) is 5.64. The van der Waals surface area contributed by atoms with Crippen LogP contribution in [0.4, 0.5) is 11.4 Å². The number of anilines is 2. The summed E-state index contributed by atoms with van der Waals surface area (Å²) in [6.07, 6.45) is 0. The quantitative estimate of drug-likeness (QED) is 0.420. The highest BCUT2D eigenvalue weighted by atomic mass is 14.9. The Hall–Kier alpha value is -3.06. The fourth-order valence-corrected chi connectivity index (χ4v) is 4.28. The second kappa shape index (κ2) is 5.47. The lowest BCUT2D eigenvalue weighted by molar-refractivity contribution is 0.660. The number of fused-ring (bicyclic) bond motifs is 4. The Balaban J connectivity index is 1.65. The van der Waals surface area contributed by atoms with Crippen molar-refractivity contribution in [1.82, 2.24) is 0 Å². The van der Waals surface area contributed by atoms with Crippen LogP contribution in [0.2, 0.25) is 0 Å². The van der Waals surface area contributed by atoms with Gasteiger partial charge < -0.3 is 5.32 Å². The van der Waals surface area contributed by atoms with E-state index in [0.29, 0.717) is 0 Å². The van der Waals surface area contributed by atoms with E-state index in [-0.39, 0.29) is 5.41 Å². The Morgan fingerprint density at radius 3 is 2.27 bits per heavy atom. The molecule has 1 aliphatic rings. The van der Waals surface area contributed by atoms with Crippen LogP contribution >= 0.6 is 0 Å². The van der Waals surface area contributed by atoms with Crippen LogP contribution in [0, 0.1) is 0 Å². The average Bonchev–Trinajstić information content (AvgIpc) is 2.91. The number of rotatable bonds is 2. The van der Waals surface area contributed by atoms with E-state index in [1.165, 1.54) is 38.7 Å². The first-order valence-corrected chi connectivity index (χ1v) is 9.14. The molecule has 0 saturated heterocycles. The maximum atomic E-state index is 3.68. The molecule has 1 nitrogen and oxygen atoms in total. The van der Waals surface area contributed by atoms with Gasteiger partial charge in [-0.25, -0.2) is 0 Å². The molecule has 1 heteroatoms. The summed E-state index contributed by atoms with van der Waals surface area (Å²) < 4.78 is 0. The van der Waals surface area contributed by atoms with E-state index in [2.05, 4.69) is 104 Å². The molecular weight excluding hydrogens is 314 g/mol. The lowest BCUT2D eigenvalue weighted by Gasteiger charge is -2.21. The highest BCUT2D eigenvalue weighted by Crippen LogP contribution is 2.51. The van der Waals surface area contributed by atoms with Crippen molar-refractivity contribution in [2.45, 2.75) is 19.3 Å². The van der Waals surface area contributed by atoms with Gasteiger partial charge in [0.15, 0.2) is 0 Å². The summed E-state index contributed by atoms with van der Waals surface area (Å²) in [5.74, 6) is 0. The monoisotopic (exact) mass is 335 g/mol. The second-order valence-corrected chi connectivity index (χ2v) is 7.59. The van der Waals surface area contributed by atoms with Gasteiger partial charge in [-0.2, -0.15) is 0 Å². The van der Waals surface area contributed by atoms with Crippen molar-refractivity contribution >= 4 is 22.1 Å². The average molecular weight is 335 g/mol. The van der Waals surface area contributed by atoms with E-state index in [0.717, 1.165) is 5.69 Å². The Morgan fingerprint density at radius 2 is 1.38 bits per heavy atom. The first-order valence-electron chi connectivity index (χ1n) is 9.14. The summed E-state index contributed by atoms with van der Waals surface area (Å²) in [5, 5.41) is 6.20. The second-order valence-electron chi connectivity index (χ2n) is 7.59. The van der Waals surface area contributed by atoms with E-state index in [4.69, 9.17) is 0 Å². The molecule has 0 aromatic heterocycles. The van der Waals surface area contributed by atoms with E-state index >= 15 is 0 Å². The molecule has 1 aliphatic carbocycles. The Morgan fingerprint density at radius 1 is 0.654 bits per heavy atom. The van der Waals surface area contributed by atoms with Gasteiger partial charge in [0, 0.05) is 22.4 Å². The summed E-state index contributed by atoms with van der Waals surface area (Å²) >= 11 is 0. The molecule has 5 rings (SSSR count). The SMILES string of the molecule is CC1(C)c2ccccc2-c2c(Nc3ccc4ccccc4c3)cccc21. The third-order valence-electron chi connectivity index (χ3n) is 5.64. The zero-order valence-electron chi connectivity index (χ0n) is 15.1. The zero-order valence-corrected chi connectivity index (χ0v) is 15.1. The molecule has 4 aromatic rings. The molecule has 0 fully saturated rings. The molecule has 0 spiro atoms. The third kappa shape index (κ3) is 2.17. The van der Waals surface area contributed by atoms with E-state index < -0.39 is 0 Å². The van der Waals surface area contributed by atoms with E-state index in [1.54, 1.807) is 0 Å². The Kier molecular flexibility index (Phi) is 3.20. The van der Waals surface area contributed by atoms with E-state index in [1.807, 2.05) is 0 Å². The topological polar surface area (TPSA) is 12.0 Å². The van der Waals surface area contributed by atoms with Gasteiger partial charge in [-0.05, 0) is 45.7 Å². The van der Waals surface area contributed by atoms with Crippen LogP contribution in [-0.4, -0.2) is 0 Å².